The summed E-state index contributed by atoms with van der Waals surface area (Å²) in [6.45, 7) is 0.0760. The van der Waals surface area contributed by atoms with Gasteiger partial charge in [-0.3, -0.25) is 4.79 Å². The van der Waals surface area contributed by atoms with Crippen molar-refractivity contribution in [3.8, 4) is 5.75 Å². The van der Waals surface area contributed by atoms with Gasteiger partial charge in [-0.15, -0.1) is 11.6 Å². The molecular formula is C17H14ClNO2. The first-order valence-electron chi connectivity index (χ1n) is 7.01. The average Bonchev–Trinajstić information content (AvgIpc) is 2.47. The highest BCUT2D eigenvalue weighted by Gasteiger charge is 2.33. The monoisotopic (exact) mass is 299 g/mol. The standard InChI is InChI=1S/C17H14ClNO2/c18-17(13-7-10-3-1-2-4-12(10)13)11-5-6-15-14(8-11)19-16(20)9-21-15/h1-6,8,13,17H,7,9H2,(H,19,20). The number of hydrogen-bond acceptors (Lipinski definition) is 2. The molecule has 0 aromatic heterocycles. The van der Waals surface area contributed by atoms with Crippen molar-refractivity contribution >= 4 is 23.2 Å². The highest BCUT2D eigenvalue weighted by Crippen LogP contribution is 2.47. The molecule has 1 aliphatic carbocycles. The highest BCUT2D eigenvalue weighted by atomic mass is 35.5. The van der Waals surface area contributed by atoms with Crippen LogP contribution in [-0.4, -0.2) is 12.5 Å². The van der Waals surface area contributed by atoms with E-state index in [0.29, 0.717) is 17.4 Å². The molecule has 0 saturated heterocycles. The zero-order valence-corrected chi connectivity index (χ0v) is 12.1. The molecule has 106 valence electrons. The zero-order valence-electron chi connectivity index (χ0n) is 11.3. The van der Waals surface area contributed by atoms with Crippen LogP contribution in [0, 0.1) is 0 Å². The summed E-state index contributed by atoms with van der Waals surface area (Å²) in [6, 6.07) is 14.2. The Labute approximate surface area is 127 Å². The maximum atomic E-state index is 11.4. The van der Waals surface area contributed by atoms with E-state index >= 15 is 0 Å². The average molecular weight is 300 g/mol. The van der Waals surface area contributed by atoms with Crippen LogP contribution in [0.15, 0.2) is 42.5 Å². The van der Waals surface area contributed by atoms with Crippen LogP contribution in [-0.2, 0) is 11.2 Å². The third-order valence-electron chi connectivity index (χ3n) is 4.20. The molecule has 0 saturated carbocycles. The Morgan fingerprint density at radius 2 is 2.10 bits per heavy atom. The van der Waals surface area contributed by atoms with Gasteiger partial charge in [-0.25, -0.2) is 0 Å². The fourth-order valence-corrected chi connectivity index (χ4v) is 3.42. The van der Waals surface area contributed by atoms with E-state index in [1.807, 2.05) is 18.2 Å². The minimum atomic E-state index is -0.125. The summed E-state index contributed by atoms with van der Waals surface area (Å²) in [5, 5.41) is 2.73. The molecule has 1 aliphatic heterocycles. The van der Waals surface area contributed by atoms with Gasteiger partial charge in [-0.2, -0.15) is 0 Å². The molecule has 0 bridgehead atoms. The van der Waals surface area contributed by atoms with Gasteiger partial charge in [0.2, 0.25) is 0 Å². The summed E-state index contributed by atoms with van der Waals surface area (Å²) < 4.78 is 5.37. The summed E-state index contributed by atoms with van der Waals surface area (Å²) in [5.74, 6) is 0.914. The molecule has 3 nitrogen and oxygen atoms in total. The van der Waals surface area contributed by atoms with Gasteiger partial charge in [0.05, 0.1) is 11.1 Å². The van der Waals surface area contributed by atoms with Crippen LogP contribution in [0.3, 0.4) is 0 Å². The van der Waals surface area contributed by atoms with Gasteiger partial charge in [0, 0.05) is 5.92 Å². The topological polar surface area (TPSA) is 38.3 Å². The number of ether oxygens (including phenoxy) is 1. The number of halogens is 1. The number of amides is 1. The maximum Gasteiger partial charge on any atom is 0.262 e. The SMILES string of the molecule is O=C1COc2ccc(C(Cl)C3Cc4ccccc43)cc2N1. The molecule has 1 N–H and O–H groups in total. The van der Waals surface area contributed by atoms with E-state index in [-0.39, 0.29) is 17.9 Å². The number of carbonyl (C=O) groups excluding carboxylic acids is 1. The summed E-state index contributed by atoms with van der Waals surface area (Å²) in [5.41, 5.74) is 4.43. The molecule has 1 heterocycles. The largest absolute Gasteiger partial charge is 0.482 e. The number of carbonyl (C=O) groups is 1. The van der Waals surface area contributed by atoms with Crippen molar-refractivity contribution < 1.29 is 9.53 Å². The number of benzene rings is 2. The molecule has 2 aliphatic rings. The fraction of sp³-hybridized carbons (Fsp3) is 0.235. The van der Waals surface area contributed by atoms with Crippen LogP contribution in [0.25, 0.3) is 0 Å². The lowest BCUT2D eigenvalue weighted by Crippen LogP contribution is -2.26. The fourth-order valence-electron chi connectivity index (χ4n) is 3.06. The van der Waals surface area contributed by atoms with Crippen molar-refractivity contribution in [1.82, 2.24) is 0 Å². The predicted octanol–water partition coefficient (Wildman–Crippen LogP) is 3.64. The van der Waals surface area contributed by atoms with E-state index in [1.165, 1.54) is 11.1 Å². The second-order valence-corrected chi connectivity index (χ2v) is 5.97. The lowest BCUT2D eigenvalue weighted by Gasteiger charge is -2.34. The van der Waals surface area contributed by atoms with Crippen molar-refractivity contribution in [3.05, 3.63) is 59.2 Å². The Morgan fingerprint density at radius 3 is 2.95 bits per heavy atom. The van der Waals surface area contributed by atoms with Crippen molar-refractivity contribution in [2.24, 2.45) is 0 Å². The Bertz CT molecular complexity index is 728. The first kappa shape index (κ1) is 12.7. The molecule has 1 amide bonds. The smallest absolute Gasteiger partial charge is 0.262 e. The lowest BCUT2D eigenvalue weighted by molar-refractivity contribution is -0.118. The maximum absolute atomic E-state index is 11.4. The van der Waals surface area contributed by atoms with E-state index in [1.54, 1.807) is 0 Å². The minimum Gasteiger partial charge on any atom is -0.482 e. The van der Waals surface area contributed by atoms with Gasteiger partial charge in [-0.05, 0) is 35.2 Å². The molecule has 0 fully saturated rings. The van der Waals surface area contributed by atoms with E-state index in [4.69, 9.17) is 16.3 Å². The number of anilines is 1. The van der Waals surface area contributed by atoms with Gasteiger partial charge in [0.1, 0.15) is 5.75 Å². The molecule has 2 aromatic rings. The molecule has 0 spiro atoms. The minimum absolute atomic E-state index is 0.0760. The second-order valence-electron chi connectivity index (χ2n) is 5.50. The van der Waals surface area contributed by atoms with E-state index in [0.717, 1.165) is 12.0 Å². The zero-order chi connectivity index (χ0) is 14.4. The van der Waals surface area contributed by atoms with Crippen molar-refractivity contribution in [2.45, 2.75) is 17.7 Å². The first-order chi connectivity index (χ1) is 10.2. The quantitative estimate of drug-likeness (QED) is 0.860. The highest BCUT2D eigenvalue weighted by molar-refractivity contribution is 6.21. The van der Waals surface area contributed by atoms with E-state index in [9.17, 15) is 4.79 Å². The molecule has 0 radical (unpaired) electrons. The lowest BCUT2D eigenvalue weighted by atomic mass is 9.74. The number of alkyl halides is 1. The first-order valence-corrected chi connectivity index (χ1v) is 7.44. The van der Waals surface area contributed by atoms with Crippen LogP contribution < -0.4 is 10.1 Å². The Morgan fingerprint density at radius 1 is 1.24 bits per heavy atom. The predicted molar refractivity (Wildman–Crippen MR) is 82.0 cm³/mol. The van der Waals surface area contributed by atoms with E-state index < -0.39 is 0 Å². The molecule has 2 unspecified atom stereocenters. The van der Waals surface area contributed by atoms with Crippen LogP contribution in [0.5, 0.6) is 5.75 Å². The van der Waals surface area contributed by atoms with Crippen LogP contribution in [0.1, 0.15) is 28.0 Å². The van der Waals surface area contributed by atoms with Gasteiger partial charge in [0.25, 0.3) is 5.91 Å². The van der Waals surface area contributed by atoms with Crippen molar-refractivity contribution in [3.63, 3.8) is 0 Å². The number of hydrogen-bond donors (Lipinski definition) is 1. The molecular weight excluding hydrogens is 286 g/mol. The van der Waals surface area contributed by atoms with Crippen molar-refractivity contribution in [1.29, 1.82) is 0 Å². The summed E-state index contributed by atoms with van der Waals surface area (Å²) >= 11 is 6.66. The van der Waals surface area contributed by atoms with Crippen LogP contribution >= 0.6 is 11.6 Å². The number of nitrogens with one attached hydrogen (secondary N) is 1. The molecule has 4 rings (SSSR count). The van der Waals surface area contributed by atoms with Crippen molar-refractivity contribution in [2.75, 3.05) is 11.9 Å². The third-order valence-corrected chi connectivity index (χ3v) is 4.76. The molecule has 4 heteroatoms. The second kappa shape index (κ2) is 4.78. The van der Waals surface area contributed by atoms with Crippen LogP contribution in [0.4, 0.5) is 5.69 Å². The summed E-state index contributed by atoms with van der Waals surface area (Å²) in [4.78, 5) is 11.4. The van der Waals surface area contributed by atoms with Crippen LogP contribution in [0.2, 0.25) is 0 Å². The number of rotatable bonds is 2. The summed E-state index contributed by atoms with van der Waals surface area (Å²) in [6.07, 6.45) is 1.00. The Kier molecular flexibility index (Phi) is 2.89. The van der Waals surface area contributed by atoms with Gasteiger partial charge < -0.3 is 10.1 Å². The van der Waals surface area contributed by atoms with Gasteiger partial charge in [-0.1, -0.05) is 30.3 Å². The molecule has 2 aromatic carbocycles. The van der Waals surface area contributed by atoms with Gasteiger partial charge >= 0.3 is 0 Å². The van der Waals surface area contributed by atoms with E-state index in [2.05, 4.69) is 29.6 Å². The summed E-state index contributed by atoms with van der Waals surface area (Å²) in [7, 11) is 0. The normalized spacial score (nSPS) is 20.4. The molecule has 2 atom stereocenters. The third kappa shape index (κ3) is 2.09. The Hall–Kier alpha value is -2.00. The Balaban J connectivity index is 1.63. The molecule has 21 heavy (non-hydrogen) atoms. The van der Waals surface area contributed by atoms with Gasteiger partial charge in [0.15, 0.2) is 6.61 Å². The number of fused-ring (bicyclic) bond motifs is 2.